The molecule has 24 heavy (non-hydrogen) atoms. The second-order valence-electron chi connectivity index (χ2n) is 5.81. The second kappa shape index (κ2) is 4.95. The van der Waals surface area contributed by atoms with E-state index < -0.39 is 5.76 Å². The Morgan fingerprint density at radius 3 is 2.12 bits per heavy atom. The Hall–Kier alpha value is -3.09. The van der Waals surface area contributed by atoms with E-state index in [1.54, 1.807) is 0 Å². The Labute approximate surface area is 136 Å². The molecule has 7 nitrogen and oxygen atoms in total. The summed E-state index contributed by atoms with van der Waals surface area (Å²) in [7, 11) is 0. The van der Waals surface area contributed by atoms with Crippen LogP contribution in [-0.2, 0) is 0 Å². The zero-order valence-corrected chi connectivity index (χ0v) is 13.7. The third-order valence-corrected chi connectivity index (χ3v) is 4.15. The molecule has 0 unspecified atom stereocenters. The first-order chi connectivity index (χ1) is 11.5. The monoisotopic (exact) mass is 325 g/mol. The fourth-order valence-corrected chi connectivity index (χ4v) is 3.15. The normalized spacial score (nSPS) is 11.5. The molecule has 0 aliphatic rings. The van der Waals surface area contributed by atoms with E-state index in [0.717, 1.165) is 33.6 Å². The lowest BCUT2D eigenvalue weighted by molar-refractivity contribution is 0.393. The molecule has 0 spiro atoms. The van der Waals surface area contributed by atoms with Crippen molar-refractivity contribution in [3.8, 4) is 22.3 Å². The third kappa shape index (κ3) is 2.01. The van der Waals surface area contributed by atoms with E-state index >= 15 is 0 Å². The summed E-state index contributed by atoms with van der Waals surface area (Å²) in [4.78, 5) is 14.4. The first kappa shape index (κ1) is 14.5. The topological polar surface area (TPSA) is 98.1 Å². The standard InChI is InChI=1S/C17H15N3O4/c1-7-14(9(3)23-19-7)11-5-12(15-8(2)20-24-10(15)4)16-13(6-11)18-17(21)22-16/h5-6H,1-4H3,(H,18,21). The number of nitrogens with one attached hydrogen (secondary N) is 1. The molecule has 0 fully saturated rings. The summed E-state index contributed by atoms with van der Waals surface area (Å²) in [6.07, 6.45) is 0. The van der Waals surface area contributed by atoms with Gasteiger partial charge in [0.25, 0.3) is 0 Å². The Bertz CT molecular complexity index is 1090. The van der Waals surface area contributed by atoms with Gasteiger partial charge in [0.1, 0.15) is 11.5 Å². The predicted octanol–water partition coefficient (Wildman–Crippen LogP) is 3.66. The van der Waals surface area contributed by atoms with E-state index in [4.69, 9.17) is 13.5 Å². The number of H-pyrrole nitrogens is 1. The lowest BCUT2D eigenvalue weighted by Crippen LogP contribution is -1.92. The molecule has 122 valence electrons. The molecule has 7 heteroatoms. The lowest BCUT2D eigenvalue weighted by Gasteiger charge is -2.06. The summed E-state index contributed by atoms with van der Waals surface area (Å²) in [5.74, 6) is 0.866. The number of benzene rings is 1. The Balaban J connectivity index is 2.11. The van der Waals surface area contributed by atoms with Crippen LogP contribution in [0.5, 0.6) is 0 Å². The molecule has 3 heterocycles. The van der Waals surface area contributed by atoms with E-state index in [9.17, 15) is 4.79 Å². The van der Waals surface area contributed by atoms with Gasteiger partial charge in [0.15, 0.2) is 5.58 Å². The third-order valence-electron chi connectivity index (χ3n) is 4.15. The molecule has 0 atom stereocenters. The van der Waals surface area contributed by atoms with Crippen LogP contribution in [0.25, 0.3) is 33.4 Å². The average molecular weight is 325 g/mol. The van der Waals surface area contributed by atoms with Crippen LogP contribution in [0.3, 0.4) is 0 Å². The summed E-state index contributed by atoms with van der Waals surface area (Å²) in [5.41, 5.74) is 5.93. The van der Waals surface area contributed by atoms with Gasteiger partial charge >= 0.3 is 5.76 Å². The van der Waals surface area contributed by atoms with Crippen molar-refractivity contribution in [2.45, 2.75) is 27.7 Å². The van der Waals surface area contributed by atoms with E-state index in [1.807, 2.05) is 39.8 Å². The van der Waals surface area contributed by atoms with Crippen LogP contribution in [0.1, 0.15) is 22.9 Å². The summed E-state index contributed by atoms with van der Waals surface area (Å²) >= 11 is 0. The maximum Gasteiger partial charge on any atom is 0.417 e. The van der Waals surface area contributed by atoms with E-state index in [1.165, 1.54) is 0 Å². The van der Waals surface area contributed by atoms with Crippen LogP contribution in [0.4, 0.5) is 0 Å². The van der Waals surface area contributed by atoms with Gasteiger partial charge in [-0.3, -0.25) is 4.98 Å². The molecule has 0 radical (unpaired) electrons. The number of oxazole rings is 1. The molecule has 1 N–H and O–H groups in total. The van der Waals surface area contributed by atoms with Crippen molar-refractivity contribution in [2.24, 2.45) is 0 Å². The Kier molecular flexibility index (Phi) is 2.99. The van der Waals surface area contributed by atoms with Gasteiger partial charge in [-0.05, 0) is 45.4 Å². The minimum absolute atomic E-state index is 0.477. The first-order valence-corrected chi connectivity index (χ1v) is 7.49. The molecular formula is C17H15N3O4. The van der Waals surface area contributed by atoms with Gasteiger partial charge in [-0.1, -0.05) is 10.3 Å². The van der Waals surface area contributed by atoms with Crippen molar-refractivity contribution in [1.29, 1.82) is 0 Å². The molecule has 1 aromatic carbocycles. The molecule has 0 saturated heterocycles. The average Bonchev–Trinajstić information content (AvgIpc) is 3.16. The van der Waals surface area contributed by atoms with E-state index in [0.29, 0.717) is 22.6 Å². The van der Waals surface area contributed by atoms with Crippen LogP contribution < -0.4 is 5.76 Å². The van der Waals surface area contributed by atoms with Gasteiger partial charge in [0.2, 0.25) is 0 Å². The summed E-state index contributed by atoms with van der Waals surface area (Å²) in [6.45, 7) is 7.41. The Morgan fingerprint density at radius 2 is 1.54 bits per heavy atom. The highest BCUT2D eigenvalue weighted by atomic mass is 16.5. The number of rotatable bonds is 2. The number of nitrogens with zero attached hydrogens (tertiary/aromatic N) is 2. The molecule has 0 saturated carbocycles. The van der Waals surface area contributed by atoms with Crippen LogP contribution in [0.2, 0.25) is 0 Å². The number of hydrogen-bond donors (Lipinski definition) is 1. The zero-order valence-electron chi connectivity index (χ0n) is 13.7. The van der Waals surface area contributed by atoms with Gasteiger partial charge in [0.05, 0.1) is 22.5 Å². The fraction of sp³-hybridized carbons (Fsp3) is 0.235. The molecule has 0 aliphatic heterocycles. The van der Waals surface area contributed by atoms with Gasteiger partial charge in [-0.2, -0.15) is 0 Å². The second-order valence-corrected chi connectivity index (χ2v) is 5.81. The van der Waals surface area contributed by atoms with Crippen LogP contribution >= 0.6 is 0 Å². The lowest BCUT2D eigenvalue weighted by atomic mass is 9.96. The van der Waals surface area contributed by atoms with Crippen LogP contribution in [0, 0.1) is 27.7 Å². The summed E-state index contributed by atoms with van der Waals surface area (Å²) in [6, 6.07) is 3.80. The smallest absolute Gasteiger partial charge is 0.407 e. The zero-order chi connectivity index (χ0) is 17.0. The number of aromatic nitrogens is 3. The molecule has 0 amide bonds. The highest BCUT2D eigenvalue weighted by Crippen LogP contribution is 2.37. The van der Waals surface area contributed by atoms with E-state index in [2.05, 4.69) is 15.3 Å². The number of hydrogen-bond acceptors (Lipinski definition) is 6. The summed E-state index contributed by atoms with van der Waals surface area (Å²) in [5, 5.41) is 8.00. The van der Waals surface area contributed by atoms with Crippen molar-refractivity contribution < 1.29 is 13.5 Å². The quantitative estimate of drug-likeness (QED) is 0.604. The molecular weight excluding hydrogens is 310 g/mol. The van der Waals surface area contributed by atoms with E-state index in [-0.39, 0.29) is 0 Å². The minimum Gasteiger partial charge on any atom is -0.407 e. The molecule has 4 rings (SSSR count). The number of aryl methyl sites for hydroxylation is 4. The van der Waals surface area contributed by atoms with Gasteiger partial charge in [-0.15, -0.1) is 0 Å². The van der Waals surface area contributed by atoms with Crippen molar-refractivity contribution in [3.63, 3.8) is 0 Å². The highest BCUT2D eigenvalue weighted by molar-refractivity contribution is 5.95. The number of aromatic amines is 1. The predicted molar refractivity (Wildman–Crippen MR) is 86.8 cm³/mol. The van der Waals surface area contributed by atoms with Crippen LogP contribution in [-0.4, -0.2) is 15.3 Å². The fourth-order valence-electron chi connectivity index (χ4n) is 3.15. The molecule has 0 aliphatic carbocycles. The maximum absolute atomic E-state index is 11.7. The van der Waals surface area contributed by atoms with Gasteiger partial charge in [-0.25, -0.2) is 4.79 Å². The van der Waals surface area contributed by atoms with Crippen molar-refractivity contribution >= 4 is 11.1 Å². The van der Waals surface area contributed by atoms with Gasteiger partial charge < -0.3 is 13.5 Å². The number of fused-ring (bicyclic) bond motifs is 1. The Morgan fingerprint density at radius 1 is 0.917 bits per heavy atom. The maximum atomic E-state index is 11.7. The minimum atomic E-state index is -0.506. The SMILES string of the molecule is Cc1noc(C)c1-c1cc(-c2c(C)noc2C)c2oc(=O)[nH]c2c1. The molecule has 4 aromatic rings. The molecule has 3 aromatic heterocycles. The summed E-state index contributed by atoms with van der Waals surface area (Å²) < 4.78 is 15.9. The van der Waals surface area contributed by atoms with Crippen LogP contribution in [0.15, 0.2) is 30.4 Å². The van der Waals surface area contributed by atoms with Gasteiger partial charge in [0, 0.05) is 11.1 Å². The van der Waals surface area contributed by atoms with Crippen molar-refractivity contribution in [2.75, 3.05) is 0 Å². The van der Waals surface area contributed by atoms with Crippen molar-refractivity contribution in [3.05, 3.63) is 45.6 Å². The first-order valence-electron chi connectivity index (χ1n) is 7.49. The largest absolute Gasteiger partial charge is 0.417 e. The van der Waals surface area contributed by atoms with Crippen molar-refractivity contribution in [1.82, 2.24) is 15.3 Å². The highest BCUT2D eigenvalue weighted by Gasteiger charge is 2.21. The molecule has 0 bridgehead atoms.